The molecule has 0 saturated heterocycles. The maximum atomic E-state index is 13.9. The van der Waals surface area contributed by atoms with Gasteiger partial charge in [-0.3, -0.25) is 0 Å². The highest BCUT2D eigenvalue weighted by Gasteiger charge is 2.25. The van der Waals surface area contributed by atoms with E-state index in [-0.39, 0.29) is 17.6 Å². The predicted molar refractivity (Wildman–Crippen MR) is 85.6 cm³/mol. The van der Waals surface area contributed by atoms with Crippen LogP contribution in [-0.2, 0) is 6.42 Å². The fourth-order valence-electron chi connectivity index (χ4n) is 3.00. The van der Waals surface area contributed by atoms with Crippen LogP contribution < -0.4 is 5.32 Å². The van der Waals surface area contributed by atoms with Gasteiger partial charge in [0.05, 0.1) is 3.79 Å². The second kappa shape index (κ2) is 6.15. The van der Waals surface area contributed by atoms with Crippen LogP contribution in [-0.4, -0.2) is 0 Å². The van der Waals surface area contributed by atoms with Crippen LogP contribution in [0, 0.1) is 11.6 Å². The molecule has 0 amide bonds. The highest BCUT2D eigenvalue weighted by Crippen LogP contribution is 2.39. The van der Waals surface area contributed by atoms with Crippen molar-refractivity contribution in [1.82, 2.24) is 5.32 Å². The van der Waals surface area contributed by atoms with Crippen molar-refractivity contribution < 1.29 is 8.78 Å². The SMILES string of the molecule is CC(NC1CCCc2sc(Br)cc21)c1c(F)cccc1F. The molecule has 1 aliphatic carbocycles. The summed E-state index contributed by atoms with van der Waals surface area (Å²) in [6.45, 7) is 1.82. The van der Waals surface area contributed by atoms with E-state index >= 15 is 0 Å². The van der Waals surface area contributed by atoms with Gasteiger partial charge in [0.15, 0.2) is 0 Å². The van der Waals surface area contributed by atoms with Crippen LogP contribution in [0.15, 0.2) is 28.1 Å². The van der Waals surface area contributed by atoms with Gasteiger partial charge < -0.3 is 5.32 Å². The fourth-order valence-corrected chi connectivity index (χ4v) is 4.82. The highest BCUT2D eigenvalue weighted by molar-refractivity contribution is 9.11. The summed E-state index contributed by atoms with van der Waals surface area (Å²) in [5.41, 5.74) is 1.39. The molecule has 1 heterocycles. The third-order valence-corrected chi connectivity index (χ3v) is 5.68. The molecule has 0 fully saturated rings. The number of aryl methyl sites for hydroxylation is 1. The Balaban J connectivity index is 1.84. The van der Waals surface area contributed by atoms with Crippen LogP contribution in [0.2, 0.25) is 0 Å². The summed E-state index contributed by atoms with van der Waals surface area (Å²) in [6, 6.07) is 5.94. The zero-order valence-corrected chi connectivity index (χ0v) is 14.0. The molecule has 3 rings (SSSR count). The van der Waals surface area contributed by atoms with E-state index in [4.69, 9.17) is 0 Å². The minimum atomic E-state index is -0.488. The Hall–Kier alpha value is -0.780. The molecular formula is C16H16BrF2NS. The van der Waals surface area contributed by atoms with E-state index in [1.54, 1.807) is 11.3 Å². The number of hydrogen-bond donors (Lipinski definition) is 1. The maximum Gasteiger partial charge on any atom is 0.130 e. The molecule has 0 saturated carbocycles. The number of rotatable bonds is 3. The highest BCUT2D eigenvalue weighted by atomic mass is 79.9. The summed E-state index contributed by atoms with van der Waals surface area (Å²) >= 11 is 5.28. The van der Waals surface area contributed by atoms with Gasteiger partial charge >= 0.3 is 0 Å². The molecule has 0 bridgehead atoms. The van der Waals surface area contributed by atoms with Crippen molar-refractivity contribution in [2.45, 2.75) is 38.3 Å². The average Bonchev–Trinajstić information content (AvgIpc) is 2.80. The maximum absolute atomic E-state index is 13.9. The molecule has 21 heavy (non-hydrogen) atoms. The third-order valence-electron chi connectivity index (χ3n) is 3.97. The van der Waals surface area contributed by atoms with Crippen LogP contribution >= 0.6 is 27.3 Å². The van der Waals surface area contributed by atoms with Gasteiger partial charge in [0.2, 0.25) is 0 Å². The first-order chi connectivity index (χ1) is 10.1. The van der Waals surface area contributed by atoms with Crippen LogP contribution in [0.25, 0.3) is 0 Å². The number of nitrogens with one attached hydrogen (secondary N) is 1. The summed E-state index contributed by atoms with van der Waals surface area (Å²) in [4.78, 5) is 1.37. The Labute approximate surface area is 135 Å². The minimum Gasteiger partial charge on any atom is -0.303 e. The third kappa shape index (κ3) is 3.05. The lowest BCUT2D eigenvalue weighted by Gasteiger charge is -2.27. The summed E-state index contributed by atoms with van der Waals surface area (Å²) in [5, 5.41) is 3.39. The number of halogens is 3. The van der Waals surface area contributed by atoms with E-state index in [2.05, 4.69) is 27.3 Å². The molecule has 1 N–H and O–H groups in total. The van der Waals surface area contributed by atoms with Crippen molar-refractivity contribution in [3.05, 3.63) is 55.7 Å². The standard InChI is InChI=1S/C16H16BrF2NS/c1-9(16-11(18)4-2-5-12(16)19)20-13-6-3-7-14-10(13)8-15(17)21-14/h2,4-5,8-9,13,20H,3,6-7H2,1H3. The Morgan fingerprint density at radius 3 is 2.76 bits per heavy atom. The number of hydrogen-bond acceptors (Lipinski definition) is 2. The lowest BCUT2D eigenvalue weighted by atomic mass is 9.92. The van der Waals surface area contributed by atoms with E-state index in [0.717, 1.165) is 23.0 Å². The van der Waals surface area contributed by atoms with Gasteiger partial charge in [-0.15, -0.1) is 11.3 Å². The summed E-state index contributed by atoms with van der Waals surface area (Å²) < 4.78 is 28.9. The van der Waals surface area contributed by atoms with Crippen molar-refractivity contribution >= 4 is 27.3 Å². The Morgan fingerprint density at radius 2 is 2.05 bits per heavy atom. The van der Waals surface area contributed by atoms with Gasteiger partial charge in [0.1, 0.15) is 11.6 Å². The van der Waals surface area contributed by atoms with E-state index in [0.29, 0.717) is 0 Å². The van der Waals surface area contributed by atoms with E-state index in [9.17, 15) is 8.78 Å². The van der Waals surface area contributed by atoms with Crippen LogP contribution in [0.1, 0.15) is 47.9 Å². The quantitative estimate of drug-likeness (QED) is 0.748. The topological polar surface area (TPSA) is 12.0 Å². The number of fused-ring (bicyclic) bond motifs is 1. The van der Waals surface area contributed by atoms with E-state index < -0.39 is 11.6 Å². The monoisotopic (exact) mass is 371 g/mol. The lowest BCUT2D eigenvalue weighted by molar-refractivity contribution is 0.399. The predicted octanol–water partition coefficient (Wildman–Crippen LogP) is 5.52. The first-order valence-electron chi connectivity index (χ1n) is 7.04. The van der Waals surface area contributed by atoms with Crippen molar-refractivity contribution in [3.63, 3.8) is 0 Å². The second-order valence-electron chi connectivity index (χ2n) is 5.40. The van der Waals surface area contributed by atoms with Crippen LogP contribution in [0.3, 0.4) is 0 Å². The van der Waals surface area contributed by atoms with Gasteiger partial charge in [-0.05, 0) is 65.9 Å². The van der Waals surface area contributed by atoms with Crippen molar-refractivity contribution in [3.8, 4) is 0 Å². The van der Waals surface area contributed by atoms with Gasteiger partial charge in [-0.1, -0.05) is 6.07 Å². The summed E-state index contributed by atoms with van der Waals surface area (Å²) in [7, 11) is 0. The van der Waals surface area contributed by atoms with Crippen molar-refractivity contribution in [2.75, 3.05) is 0 Å². The first kappa shape index (κ1) is 15.1. The van der Waals surface area contributed by atoms with Gasteiger partial charge in [-0.2, -0.15) is 0 Å². The second-order valence-corrected chi connectivity index (χ2v) is 7.91. The summed E-state index contributed by atoms with van der Waals surface area (Å²) in [6.07, 6.45) is 3.19. The molecule has 0 aliphatic heterocycles. The van der Waals surface area contributed by atoms with Gasteiger partial charge in [0, 0.05) is 22.5 Å². The molecule has 2 aromatic rings. The minimum absolute atomic E-state index is 0.124. The largest absolute Gasteiger partial charge is 0.303 e. The Kier molecular flexibility index (Phi) is 4.43. The molecule has 0 radical (unpaired) electrons. The van der Waals surface area contributed by atoms with Crippen LogP contribution in [0.5, 0.6) is 0 Å². The first-order valence-corrected chi connectivity index (χ1v) is 8.65. The molecule has 1 aliphatic rings. The molecular weight excluding hydrogens is 356 g/mol. The van der Waals surface area contributed by atoms with Crippen LogP contribution in [0.4, 0.5) is 8.78 Å². The van der Waals surface area contributed by atoms with Crippen molar-refractivity contribution in [2.24, 2.45) is 0 Å². The average molecular weight is 372 g/mol. The fraction of sp³-hybridized carbons (Fsp3) is 0.375. The van der Waals surface area contributed by atoms with E-state index in [1.165, 1.54) is 28.6 Å². The summed E-state index contributed by atoms with van der Waals surface area (Å²) in [5.74, 6) is -0.977. The van der Waals surface area contributed by atoms with Gasteiger partial charge in [-0.25, -0.2) is 8.78 Å². The molecule has 2 atom stereocenters. The Bertz CT molecular complexity index is 635. The van der Waals surface area contributed by atoms with E-state index in [1.807, 2.05) is 6.92 Å². The molecule has 2 unspecified atom stereocenters. The number of benzene rings is 1. The van der Waals surface area contributed by atoms with Gasteiger partial charge in [0.25, 0.3) is 0 Å². The Morgan fingerprint density at radius 1 is 1.33 bits per heavy atom. The molecule has 1 nitrogen and oxygen atoms in total. The zero-order valence-electron chi connectivity index (χ0n) is 11.6. The normalized spacial score (nSPS) is 19.3. The van der Waals surface area contributed by atoms with Crippen molar-refractivity contribution in [1.29, 1.82) is 0 Å². The smallest absolute Gasteiger partial charge is 0.130 e. The lowest BCUT2D eigenvalue weighted by Crippen LogP contribution is -2.28. The molecule has 5 heteroatoms. The molecule has 112 valence electrons. The zero-order chi connectivity index (χ0) is 15.0. The molecule has 0 spiro atoms. The molecule has 1 aromatic carbocycles. The number of thiophene rings is 1. The molecule has 1 aromatic heterocycles.